The van der Waals surface area contributed by atoms with Crippen molar-refractivity contribution < 1.29 is 54.9 Å². The Morgan fingerprint density at radius 1 is 0.622 bits per heavy atom. The number of halogens is 1. The average Bonchev–Trinajstić information content (AvgIpc) is 3.64. The minimum absolute atomic E-state index is 0. The predicted molar refractivity (Wildman–Crippen MR) is 298 cm³/mol. The summed E-state index contributed by atoms with van der Waals surface area (Å²) < 4.78 is 19.3. The fourth-order valence-electron chi connectivity index (χ4n) is 9.57. The Balaban J connectivity index is 0.0000144. The van der Waals surface area contributed by atoms with E-state index in [4.69, 9.17) is 14.2 Å². The first kappa shape index (κ1) is 63.4. The summed E-state index contributed by atoms with van der Waals surface area (Å²) in [6.45, 7) is 32.2. The van der Waals surface area contributed by atoms with Gasteiger partial charge in [0.05, 0.1) is 5.41 Å². The van der Waals surface area contributed by atoms with Gasteiger partial charge in [0, 0.05) is 93.0 Å². The van der Waals surface area contributed by atoms with Crippen LogP contribution in [0.15, 0.2) is 84.6 Å². The van der Waals surface area contributed by atoms with E-state index in [1.54, 1.807) is 9.80 Å². The summed E-state index contributed by atoms with van der Waals surface area (Å²) >= 11 is 0. The highest BCUT2D eigenvalue weighted by Gasteiger charge is 2.44. The number of carbonyl (C=O) groups excluding carboxylic acids is 4. The lowest BCUT2D eigenvalue weighted by Gasteiger charge is -2.29. The first-order valence-electron chi connectivity index (χ1n) is 27.4. The van der Waals surface area contributed by atoms with Crippen molar-refractivity contribution >= 4 is 41.1 Å². The molecule has 0 spiro atoms. The Morgan fingerprint density at radius 2 is 1.16 bits per heavy atom. The van der Waals surface area contributed by atoms with E-state index in [0.717, 1.165) is 45.2 Å². The summed E-state index contributed by atoms with van der Waals surface area (Å²) in [4.78, 5) is 57.6. The molecule has 0 aliphatic carbocycles. The Kier molecular flexibility index (Phi) is 24.7. The van der Waals surface area contributed by atoms with E-state index in [0.29, 0.717) is 71.2 Å². The smallest absolute Gasteiger partial charge is 0.410 e. The number of nitrogens with zero attached hydrogens (tertiary/aromatic N) is 4. The SMILES string of the molecule is CCCCN1/C(=C/C=C/C=C/C2=[N+](CCCCCC(=O)NCCCN(CCCCN(CCCCC(=O)OC(C)(C)C)C(=O)OC(C)(C)C)C(=O)OC(C)(C)C)c3ccccc3C2(C)C)C(C)(C)c2ccccc21.[Br-]. The monoisotopic (exact) mass is 1090 g/mol. The maximum atomic E-state index is 13.3. The molecule has 0 atom stereocenters. The molecule has 1 N–H and O–H groups in total. The van der Waals surface area contributed by atoms with Gasteiger partial charge in [0.25, 0.3) is 0 Å². The molecule has 74 heavy (non-hydrogen) atoms. The fourth-order valence-corrected chi connectivity index (χ4v) is 9.57. The summed E-state index contributed by atoms with van der Waals surface area (Å²) in [7, 11) is 0. The maximum Gasteiger partial charge on any atom is 0.410 e. The third kappa shape index (κ3) is 20.0. The number of unbranched alkanes of at least 4 members (excludes halogenated alkanes) is 5. The van der Waals surface area contributed by atoms with Crippen molar-refractivity contribution in [2.75, 3.05) is 50.7 Å². The molecule has 4 rings (SSSR count). The summed E-state index contributed by atoms with van der Waals surface area (Å²) in [5.41, 5.74) is 5.82. The van der Waals surface area contributed by atoms with Gasteiger partial charge in [0.2, 0.25) is 11.6 Å². The van der Waals surface area contributed by atoms with Crippen LogP contribution >= 0.6 is 0 Å². The second kappa shape index (κ2) is 28.8. The zero-order valence-corrected chi connectivity index (χ0v) is 49.6. The third-order valence-electron chi connectivity index (χ3n) is 13.2. The second-order valence-corrected chi connectivity index (χ2v) is 23.8. The highest BCUT2D eigenvalue weighted by molar-refractivity contribution is 6.03. The molecular formula is C61H94BrN5O7. The average molecular weight is 1090 g/mol. The molecule has 2 aromatic rings. The first-order chi connectivity index (χ1) is 34.2. The molecule has 12 nitrogen and oxygen atoms in total. The quantitative estimate of drug-likeness (QED) is 0.0325. The summed E-state index contributed by atoms with van der Waals surface area (Å²) in [5, 5.41) is 3.07. The van der Waals surface area contributed by atoms with Crippen molar-refractivity contribution in [1.82, 2.24) is 15.1 Å². The largest absolute Gasteiger partial charge is 1.00 e. The molecule has 0 fully saturated rings. The molecule has 13 heteroatoms. The highest BCUT2D eigenvalue weighted by Crippen LogP contribution is 2.47. The van der Waals surface area contributed by atoms with E-state index in [1.165, 1.54) is 33.9 Å². The summed E-state index contributed by atoms with van der Waals surface area (Å²) in [6, 6.07) is 17.5. The minimum atomic E-state index is -0.659. The lowest BCUT2D eigenvalue weighted by Crippen LogP contribution is -3.00. The molecule has 0 unspecified atom stereocenters. The Labute approximate surface area is 457 Å². The van der Waals surface area contributed by atoms with Crippen LogP contribution in [0, 0.1) is 0 Å². The van der Waals surface area contributed by atoms with Gasteiger partial charge in [-0.15, -0.1) is 0 Å². The van der Waals surface area contributed by atoms with Crippen molar-refractivity contribution in [2.24, 2.45) is 0 Å². The lowest BCUT2D eigenvalue weighted by molar-refractivity contribution is -0.438. The zero-order chi connectivity index (χ0) is 54.0. The van der Waals surface area contributed by atoms with Gasteiger partial charge in [-0.1, -0.05) is 81.8 Å². The zero-order valence-electron chi connectivity index (χ0n) is 48.0. The van der Waals surface area contributed by atoms with Gasteiger partial charge in [-0.3, -0.25) is 9.59 Å². The topological polar surface area (TPSA) is 121 Å². The van der Waals surface area contributed by atoms with Crippen molar-refractivity contribution in [3.8, 4) is 0 Å². The molecule has 0 radical (unpaired) electrons. The van der Waals surface area contributed by atoms with E-state index in [9.17, 15) is 19.2 Å². The van der Waals surface area contributed by atoms with Gasteiger partial charge in [-0.2, -0.15) is 4.58 Å². The van der Waals surface area contributed by atoms with Crippen molar-refractivity contribution in [3.05, 3.63) is 95.7 Å². The number of anilines is 1. The molecule has 0 saturated heterocycles. The molecule has 3 amide bonds. The fraction of sp³-hybridized carbons (Fsp3) is 0.623. The van der Waals surface area contributed by atoms with Crippen LogP contribution in [-0.2, 0) is 34.6 Å². The number of benzene rings is 2. The van der Waals surface area contributed by atoms with Crippen LogP contribution in [0.5, 0.6) is 0 Å². The normalized spacial score (nSPS) is 15.5. The van der Waals surface area contributed by atoms with Crippen molar-refractivity contribution in [1.29, 1.82) is 0 Å². The molecule has 0 aromatic heterocycles. The minimum Gasteiger partial charge on any atom is -1.00 e. The van der Waals surface area contributed by atoms with Crippen LogP contribution < -0.4 is 27.2 Å². The number of hydrogen-bond donors (Lipinski definition) is 1. The number of fused-ring (bicyclic) bond motifs is 2. The molecule has 2 heterocycles. The van der Waals surface area contributed by atoms with E-state index in [1.807, 2.05) is 62.3 Å². The van der Waals surface area contributed by atoms with Crippen LogP contribution in [0.3, 0.4) is 0 Å². The standard InChI is InChI=1S/C61H93N5O7.BrH/c1-15-16-45-65-49-34-24-22-32-47(49)60(11,12)51(65)36-19-17-20-37-52-61(13,14)48-33-23-25-35-50(48)66(52)46-27-18-21-38-53(67)62-40-31-44-64(56(70)73-59(8,9)10)43-30-29-42-63(55(69)72-58(5,6)7)41-28-26-39-54(68)71-57(2,3)4;/h17,19-20,22-25,32-37H,15-16,18,21,26-31,38-46H2,1-14H3;1H. The summed E-state index contributed by atoms with van der Waals surface area (Å²) in [5.74, 6) is -0.238. The van der Waals surface area contributed by atoms with Gasteiger partial charge >= 0.3 is 18.2 Å². The van der Waals surface area contributed by atoms with Crippen LogP contribution in [-0.4, -0.2) is 107 Å². The molecular weight excluding hydrogens is 995 g/mol. The van der Waals surface area contributed by atoms with Gasteiger partial charge < -0.3 is 51.2 Å². The van der Waals surface area contributed by atoms with Gasteiger partial charge in [0.15, 0.2) is 5.71 Å². The molecule has 0 bridgehead atoms. The number of ether oxygens (including phenoxy) is 3. The Morgan fingerprint density at radius 3 is 1.76 bits per heavy atom. The molecule has 2 aromatic carbocycles. The van der Waals surface area contributed by atoms with Crippen molar-refractivity contribution in [2.45, 2.75) is 202 Å². The first-order valence-corrected chi connectivity index (χ1v) is 27.4. The highest BCUT2D eigenvalue weighted by atomic mass is 79.9. The maximum absolute atomic E-state index is 13.3. The van der Waals surface area contributed by atoms with Crippen LogP contribution in [0.1, 0.15) is 185 Å². The number of para-hydroxylation sites is 2. The number of nitrogens with one attached hydrogen (secondary N) is 1. The Bertz CT molecular complexity index is 2280. The van der Waals surface area contributed by atoms with E-state index < -0.39 is 29.0 Å². The van der Waals surface area contributed by atoms with Crippen LogP contribution in [0.4, 0.5) is 21.0 Å². The number of amides is 3. The summed E-state index contributed by atoms with van der Waals surface area (Å²) in [6.07, 6.45) is 19.1. The number of rotatable bonds is 26. The molecule has 412 valence electrons. The Hall–Kier alpha value is -4.91. The molecule has 0 saturated carbocycles. The van der Waals surface area contributed by atoms with E-state index in [2.05, 4.69) is 128 Å². The number of esters is 1. The third-order valence-corrected chi connectivity index (χ3v) is 13.2. The number of allylic oxidation sites excluding steroid dienone is 6. The van der Waals surface area contributed by atoms with Gasteiger partial charge in [-0.05, 0) is 145 Å². The molecule has 2 aliphatic rings. The number of carbonyl (C=O) groups is 4. The van der Waals surface area contributed by atoms with Crippen LogP contribution in [0.2, 0.25) is 0 Å². The van der Waals surface area contributed by atoms with Crippen molar-refractivity contribution in [3.63, 3.8) is 0 Å². The van der Waals surface area contributed by atoms with Crippen LogP contribution in [0.25, 0.3) is 0 Å². The van der Waals surface area contributed by atoms with E-state index in [-0.39, 0.29) is 46.1 Å². The molecule has 2 aliphatic heterocycles. The predicted octanol–water partition coefficient (Wildman–Crippen LogP) is 10.5. The lowest BCUT2D eigenvalue weighted by atomic mass is 9.81. The second-order valence-electron chi connectivity index (χ2n) is 23.8. The number of hydrogen-bond acceptors (Lipinski definition) is 8. The van der Waals surface area contributed by atoms with E-state index >= 15 is 0 Å². The van der Waals surface area contributed by atoms with Gasteiger partial charge in [0.1, 0.15) is 23.3 Å². The van der Waals surface area contributed by atoms with Gasteiger partial charge in [-0.25, -0.2) is 9.59 Å².